The first-order valence-corrected chi connectivity index (χ1v) is 6.22. The number of carboxylic acids is 1. The van der Waals surface area contributed by atoms with Crippen LogP contribution in [0.5, 0.6) is 0 Å². The van der Waals surface area contributed by atoms with Crippen molar-refractivity contribution < 1.29 is 14.3 Å². The van der Waals surface area contributed by atoms with Crippen LogP contribution in [0.25, 0.3) is 11.1 Å². The molecule has 6 nitrogen and oxygen atoms in total. The molecule has 1 aliphatic heterocycles. The Labute approximate surface area is 109 Å². The third-order valence-electron chi connectivity index (χ3n) is 3.33. The number of hydrogen-bond acceptors (Lipinski definition) is 5. The Morgan fingerprint density at radius 2 is 2.21 bits per heavy atom. The van der Waals surface area contributed by atoms with Crippen LogP contribution in [0.15, 0.2) is 22.6 Å². The molecule has 2 unspecified atom stereocenters. The molecule has 3 rings (SSSR count). The minimum Gasteiger partial charge on any atom is -0.480 e. The van der Waals surface area contributed by atoms with Gasteiger partial charge >= 0.3 is 5.97 Å². The molecule has 1 saturated heterocycles. The van der Waals surface area contributed by atoms with E-state index in [1.165, 1.54) is 0 Å². The van der Waals surface area contributed by atoms with Crippen LogP contribution in [0.3, 0.4) is 0 Å². The zero-order valence-electron chi connectivity index (χ0n) is 10.5. The number of fused-ring (bicyclic) bond motifs is 1. The van der Waals surface area contributed by atoms with Crippen molar-refractivity contribution in [3.63, 3.8) is 0 Å². The zero-order chi connectivity index (χ0) is 13.4. The highest BCUT2D eigenvalue weighted by Crippen LogP contribution is 2.24. The minimum atomic E-state index is -0.856. The Balaban J connectivity index is 1.99. The fourth-order valence-electron chi connectivity index (χ4n) is 2.48. The van der Waals surface area contributed by atoms with Crippen LogP contribution in [0.2, 0.25) is 0 Å². The molecule has 6 heteroatoms. The lowest BCUT2D eigenvalue weighted by molar-refractivity contribution is -0.140. The third-order valence-corrected chi connectivity index (χ3v) is 3.33. The molecule has 1 fully saturated rings. The standard InChI is InChI=1S/C13H15N3O3/c1-7-16-9-3-2-8(6-10(9)19-7)11-12(13(17)18)15-5-4-14-11/h2-3,6,11-12,14-15H,4-5H2,1H3,(H,17,18). The molecule has 3 N–H and O–H groups in total. The van der Waals surface area contributed by atoms with E-state index in [9.17, 15) is 9.90 Å². The molecule has 1 aromatic carbocycles. The lowest BCUT2D eigenvalue weighted by Gasteiger charge is -2.31. The summed E-state index contributed by atoms with van der Waals surface area (Å²) in [6.45, 7) is 3.18. The quantitative estimate of drug-likeness (QED) is 0.742. The molecule has 1 aromatic heterocycles. The van der Waals surface area contributed by atoms with E-state index in [1.807, 2.05) is 18.2 Å². The summed E-state index contributed by atoms with van der Waals surface area (Å²) in [6.07, 6.45) is 0. The van der Waals surface area contributed by atoms with Crippen molar-refractivity contribution >= 4 is 17.1 Å². The summed E-state index contributed by atoms with van der Waals surface area (Å²) < 4.78 is 5.49. The van der Waals surface area contributed by atoms with Crippen LogP contribution < -0.4 is 10.6 Å². The van der Waals surface area contributed by atoms with Gasteiger partial charge in [-0.15, -0.1) is 0 Å². The number of carbonyl (C=O) groups is 1. The first-order chi connectivity index (χ1) is 9.15. The molecule has 0 bridgehead atoms. The van der Waals surface area contributed by atoms with Gasteiger partial charge in [0.1, 0.15) is 11.6 Å². The minimum absolute atomic E-state index is 0.263. The predicted octanol–water partition coefficient (Wildman–Crippen LogP) is 0.823. The number of piperazine rings is 1. The highest BCUT2D eigenvalue weighted by atomic mass is 16.4. The van der Waals surface area contributed by atoms with Gasteiger partial charge in [0, 0.05) is 20.0 Å². The molecular weight excluding hydrogens is 246 g/mol. The van der Waals surface area contributed by atoms with Crippen molar-refractivity contribution in [2.45, 2.75) is 19.0 Å². The van der Waals surface area contributed by atoms with Gasteiger partial charge in [-0.3, -0.25) is 4.79 Å². The fraction of sp³-hybridized carbons (Fsp3) is 0.385. The maximum atomic E-state index is 11.3. The molecule has 0 saturated carbocycles. The molecule has 0 radical (unpaired) electrons. The Kier molecular flexibility index (Phi) is 2.96. The van der Waals surface area contributed by atoms with Gasteiger partial charge in [-0.1, -0.05) is 6.07 Å². The molecule has 19 heavy (non-hydrogen) atoms. The van der Waals surface area contributed by atoms with Crippen LogP contribution in [0, 0.1) is 6.92 Å². The zero-order valence-corrected chi connectivity index (χ0v) is 10.5. The molecule has 2 aromatic rings. The second-order valence-corrected chi connectivity index (χ2v) is 4.66. The van der Waals surface area contributed by atoms with E-state index in [1.54, 1.807) is 6.92 Å². The first-order valence-electron chi connectivity index (χ1n) is 6.22. The summed E-state index contributed by atoms with van der Waals surface area (Å²) in [5.41, 5.74) is 2.37. The largest absolute Gasteiger partial charge is 0.480 e. The monoisotopic (exact) mass is 261 g/mol. The molecule has 1 aliphatic rings. The van der Waals surface area contributed by atoms with E-state index >= 15 is 0 Å². The number of rotatable bonds is 2. The predicted molar refractivity (Wildman–Crippen MR) is 68.9 cm³/mol. The van der Waals surface area contributed by atoms with E-state index in [0.717, 1.165) is 17.6 Å². The summed E-state index contributed by atoms with van der Waals surface area (Å²) in [6, 6.07) is 4.72. The van der Waals surface area contributed by atoms with Gasteiger partial charge in [-0.2, -0.15) is 0 Å². The number of nitrogens with zero attached hydrogens (tertiary/aromatic N) is 1. The van der Waals surface area contributed by atoms with E-state index in [4.69, 9.17) is 4.42 Å². The Morgan fingerprint density at radius 3 is 3.00 bits per heavy atom. The highest BCUT2D eigenvalue weighted by Gasteiger charge is 2.31. The van der Waals surface area contributed by atoms with Crippen LogP contribution in [0.4, 0.5) is 0 Å². The Hall–Kier alpha value is -1.92. The van der Waals surface area contributed by atoms with Crippen LogP contribution >= 0.6 is 0 Å². The molecule has 100 valence electrons. The van der Waals surface area contributed by atoms with Crippen LogP contribution in [-0.2, 0) is 4.79 Å². The van der Waals surface area contributed by atoms with Crippen molar-refractivity contribution in [1.29, 1.82) is 0 Å². The Bertz CT molecular complexity index is 623. The Morgan fingerprint density at radius 1 is 1.42 bits per heavy atom. The number of aliphatic carboxylic acids is 1. The summed E-state index contributed by atoms with van der Waals surface area (Å²) >= 11 is 0. The number of oxazole rings is 1. The number of benzene rings is 1. The number of carboxylic acid groups (broad SMARTS) is 1. The average Bonchev–Trinajstić information content (AvgIpc) is 2.77. The lowest BCUT2D eigenvalue weighted by atomic mass is 9.97. The summed E-state index contributed by atoms with van der Waals surface area (Å²) in [7, 11) is 0. The van der Waals surface area contributed by atoms with Gasteiger partial charge < -0.3 is 20.2 Å². The van der Waals surface area contributed by atoms with Gasteiger partial charge in [-0.05, 0) is 17.7 Å². The van der Waals surface area contributed by atoms with E-state index in [-0.39, 0.29) is 6.04 Å². The van der Waals surface area contributed by atoms with Crippen LogP contribution in [-0.4, -0.2) is 35.2 Å². The second-order valence-electron chi connectivity index (χ2n) is 4.66. The highest BCUT2D eigenvalue weighted by molar-refractivity contribution is 5.77. The van der Waals surface area contributed by atoms with Gasteiger partial charge in [0.25, 0.3) is 0 Å². The summed E-state index contributed by atoms with van der Waals surface area (Å²) in [5.74, 6) is -0.247. The van der Waals surface area contributed by atoms with E-state index in [2.05, 4.69) is 15.6 Å². The average molecular weight is 261 g/mol. The maximum absolute atomic E-state index is 11.3. The number of aryl methyl sites for hydroxylation is 1. The van der Waals surface area contributed by atoms with Crippen LogP contribution in [0.1, 0.15) is 17.5 Å². The molecular formula is C13H15N3O3. The first kappa shape index (κ1) is 12.1. The SMILES string of the molecule is Cc1nc2ccc(C3NCCNC3C(=O)O)cc2o1. The van der Waals surface area contributed by atoms with Crippen molar-refractivity contribution in [3.8, 4) is 0 Å². The number of hydrogen-bond donors (Lipinski definition) is 3. The normalized spacial score (nSPS) is 23.6. The third kappa shape index (κ3) is 2.20. The van der Waals surface area contributed by atoms with Gasteiger partial charge in [0.05, 0.1) is 6.04 Å². The van der Waals surface area contributed by atoms with Crippen molar-refractivity contribution in [1.82, 2.24) is 15.6 Å². The van der Waals surface area contributed by atoms with Gasteiger partial charge in [0.2, 0.25) is 0 Å². The number of nitrogens with one attached hydrogen (secondary N) is 2. The van der Waals surface area contributed by atoms with Gasteiger partial charge in [-0.25, -0.2) is 4.98 Å². The molecule has 0 amide bonds. The second kappa shape index (κ2) is 4.64. The number of aromatic nitrogens is 1. The fourth-order valence-corrected chi connectivity index (χ4v) is 2.48. The van der Waals surface area contributed by atoms with Crippen molar-refractivity contribution in [3.05, 3.63) is 29.7 Å². The lowest BCUT2D eigenvalue weighted by Crippen LogP contribution is -2.54. The van der Waals surface area contributed by atoms with E-state index < -0.39 is 12.0 Å². The molecule has 2 atom stereocenters. The molecule has 2 heterocycles. The van der Waals surface area contributed by atoms with Crippen molar-refractivity contribution in [2.75, 3.05) is 13.1 Å². The topological polar surface area (TPSA) is 87.4 Å². The van der Waals surface area contributed by atoms with E-state index in [0.29, 0.717) is 18.0 Å². The smallest absolute Gasteiger partial charge is 0.322 e. The molecule has 0 aliphatic carbocycles. The van der Waals surface area contributed by atoms with Crippen molar-refractivity contribution in [2.24, 2.45) is 0 Å². The van der Waals surface area contributed by atoms with Gasteiger partial charge in [0.15, 0.2) is 11.5 Å². The summed E-state index contributed by atoms with van der Waals surface area (Å²) in [5, 5.41) is 15.5. The summed E-state index contributed by atoms with van der Waals surface area (Å²) in [4.78, 5) is 15.5. The molecule has 0 spiro atoms. The maximum Gasteiger partial charge on any atom is 0.322 e.